The van der Waals surface area contributed by atoms with Crippen LogP contribution in [0.4, 0.5) is 20.5 Å². The van der Waals surface area contributed by atoms with Gasteiger partial charge in [-0.05, 0) is 30.7 Å². The number of rotatable bonds is 11. The lowest BCUT2D eigenvalue weighted by atomic mass is 10.1. The number of anilines is 2. The molecule has 5 aromatic rings. The van der Waals surface area contributed by atoms with E-state index < -0.39 is 107 Å². The molecule has 0 aliphatic carbocycles. The zero-order valence-corrected chi connectivity index (χ0v) is 36.0. The number of hydrogen-bond acceptors (Lipinski definition) is 21. The summed E-state index contributed by atoms with van der Waals surface area (Å²) < 4.78 is 109. The average Bonchev–Trinajstić information content (AvgIpc) is 4.03. The Labute approximate surface area is 363 Å². The number of nitrogens with one attached hydrogen (secondary N) is 1. The molecule has 4 aromatic heterocycles. The molecule has 3 fully saturated rings. The van der Waals surface area contributed by atoms with Crippen LogP contribution in [0.25, 0.3) is 22.3 Å². The summed E-state index contributed by atoms with van der Waals surface area (Å²) in [7, 11) is -4.80. The molecule has 8 rings (SSSR count). The molecule has 344 valence electrons. The second-order valence-corrected chi connectivity index (χ2v) is 20.3. The van der Waals surface area contributed by atoms with Gasteiger partial charge in [0.2, 0.25) is 5.95 Å². The third-order valence-electron chi connectivity index (χ3n) is 10.1. The van der Waals surface area contributed by atoms with Crippen molar-refractivity contribution in [3.8, 4) is 5.75 Å². The van der Waals surface area contributed by atoms with Crippen molar-refractivity contribution in [1.82, 2.24) is 39.0 Å². The second-order valence-electron chi connectivity index (χ2n) is 14.5. The van der Waals surface area contributed by atoms with Crippen molar-refractivity contribution in [2.75, 3.05) is 37.0 Å². The molecule has 3 aliphatic heterocycles. The maximum absolute atomic E-state index is 16.6. The Hall–Kier alpha value is -4.95. The number of alkyl halides is 2. The van der Waals surface area contributed by atoms with Gasteiger partial charge < -0.3 is 44.6 Å². The summed E-state index contributed by atoms with van der Waals surface area (Å²) in [6, 6.07) is 5.46. The van der Waals surface area contributed by atoms with Crippen molar-refractivity contribution in [2.24, 2.45) is 0 Å². The van der Waals surface area contributed by atoms with Crippen LogP contribution < -0.4 is 21.8 Å². The van der Waals surface area contributed by atoms with Crippen LogP contribution >= 0.6 is 25.8 Å². The van der Waals surface area contributed by atoms with E-state index in [2.05, 4.69) is 29.9 Å². The molecule has 6 N–H and O–H groups in total. The summed E-state index contributed by atoms with van der Waals surface area (Å²) in [6.45, 7) is -4.59. The Morgan fingerprint density at radius 1 is 0.938 bits per heavy atom. The van der Waals surface area contributed by atoms with Crippen molar-refractivity contribution < 1.29 is 69.6 Å². The Bertz CT molecular complexity index is 2680. The van der Waals surface area contributed by atoms with Gasteiger partial charge in [-0.2, -0.15) is 4.98 Å². The molecule has 0 spiro atoms. The van der Waals surface area contributed by atoms with Gasteiger partial charge in [0.05, 0.1) is 31.4 Å². The van der Waals surface area contributed by atoms with Crippen LogP contribution in [0.3, 0.4) is 0 Å². The maximum atomic E-state index is 16.6. The number of imidazole rings is 2. The standard InChI is InChI=1S/C35H40F2N10O14P2S/c1-2-3-4-5-21(48)58-18-8-6-17(7-9-18)34(50)55-16-64-63(53)57-11-20-26(23(37)32(60-20)46-13-42-24-28(38)40-12-41-29(24)46)54-15-62(51,52)56-10-19-22(36)27(61-63)33(59-19)47-14-43-25-30(47)44-35(39)45-31(25)49/h6-9,12-14,19-20,22-23,26-27,32-33H,2-5,10-11,15-16H2,1H3,(H,51,52)(H2,38,40,41)(H3,39,44,45,49)/t19?,20-,22-,23-,26-,27-,32-,33-,63?/m1/s1. The van der Waals surface area contributed by atoms with Crippen molar-refractivity contribution in [3.05, 3.63) is 59.2 Å². The van der Waals surface area contributed by atoms with E-state index in [1.54, 1.807) is 0 Å². The maximum Gasteiger partial charge on any atom is 0.393 e. The average molecular weight is 957 g/mol. The van der Waals surface area contributed by atoms with E-state index in [1.165, 1.54) is 35.2 Å². The molecule has 2 bridgehead atoms. The minimum absolute atomic E-state index is 0.0155. The molecule has 24 nitrogen and oxygen atoms in total. The number of nitrogens with two attached hydrogens (primary N) is 2. The SMILES string of the molecule is CCCCCC(=O)Oc1ccc(C(=O)OCSP2(=O)OC[C@H]3O[C@@H](n4cnc5c(N)ncnc54)[C@H](F)[C@@H]3OCP(=O)(O)OCC3O[C@@H](n4cnc5c(=O)[nH]c(N)nc54)[C@H](O2)[C@@H]3F)cc1. The van der Waals surface area contributed by atoms with E-state index in [-0.39, 0.29) is 51.8 Å². The molecule has 3 aliphatic rings. The Balaban J connectivity index is 1.07. The van der Waals surface area contributed by atoms with Crippen LogP contribution in [0.1, 0.15) is 55.4 Å². The number of unbranched alkanes of at least 4 members (excludes halogenated alkanes) is 2. The number of fused-ring (bicyclic) bond motifs is 5. The number of hydrogen-bond donors (Lipinski definition) is 4. The number of aromatic nitrogens is 8. The van der Waals surface area contributed by atoms with Crippen LogP contribution in [-0.2, 0) is 46.4 Å². The Morgan fingerprint density at radius 3 is 2.42 bits per heavy atom. The number of benzene rings is 1. The van der Waals surface area contributed by atoms with Gasteiger partial charge in [-0.3, -0.25) is 37.3 Å². The van der Waals surface area contributed by atoms with Gasteiger partial charge in [-0.1, -0.05) is 19.8 Å². The third kappa shape index (κ3) is 9.68. The number of nitrogen functional groups attached to an aromatic ring is 2. The molecular weight excluding hydrogens is 916 g/mol. The van der Waals surface area contributed by atoms with E-state index >= 15 is 8.78 Å². The Morgan fingerprint density at radius 2 is 1.66 bits per heavy atom. The minimum Gasteiger partial charge on any atom is -0.450 e. The van der Waals surface area contributed by atoms with Crippen molar-refractivity contribution in [2.45, 2.75) is 81.8 Å². The number of carbonyl (C=O) groups is 2. The van der Waals surface area contributed by atoms with Crippen LogP contribution in [0.5, 0.6) is 5.75 Å². The number of esters is 2. The summed E-state index contributed by atoms with van der Waals surface area (Å²) in [5.41, 5.74) is 10.7. The molecule has 29 heteroatoms. The molecule has 3 saturated heterocycles. The molecule has 0 saturated carbocycles. The summed E-state index contributed by atoms with van der Waals surface area (Å²) >= 11 is 0.297. The molecule has 0 radical (unpaired) electrons. The molecule has 0 amide bonds. The van der Waals surface area contributed by atoms with Crippen molar-refractivity contribution in [1.29, 1.82) is 0 Å². The van der Waals surface area contributed by atoms with Crippen molar-refractivity contribution in [3.63, 3.8) is 0 Å². The topological polar surface area (TPSA) is 322 Å². The first-order valence-corrected chi connectivity index (χ1v) is 24.4. The molecule has 7 heterocycles. The largest absolute Gasteiger partial charge is 0.450 e. The minimum atomic E-state index is -4.84. The van der Waals surface area contributed by atoms with Gasteiger partial charge in [-0.15, -0.1) is 0 Å². The number of ether oxygens (including phenoxy) is 5. The van der Waals surface area contributed by atoms with Gasteiger partial charge in [0.15, 0.2) is 47.4 Å². The first kappa shape index (κ1) is 45.6. The van der Waals surface area contributed by atoms with Crippen LogP contribution in [0.15, 0.2) is 48.0 Å². The lowest BCUT2D eigenvalue weighted by Gasteiger charge is -2.27. The van der Waals surface area contributed by atoms with Crippen LogP contribution in [-0.4, -0.2) is 118 Å². The lowest BCUT2D eigenvalue weighted by Crippen LogP contribution is -2.36. The predicted molar refractivity (Wildman–Crippen MR) is 218 cm³/mol. The van der Waals surface area contributed by atoms with Gasteiger partial charge in [0.25, 0.3) is 5.56 Å². The number of H-pyrrole nitrogens is 1. The van der Waals surface area contributed by atoms with Gasteiger partial charge >= 0.3 is 26.3 Å². The molecular formula is C35H40F2N10O14P2S. The molecule has 10 atom stereocenters. The zero-order chi connectivity index (χ0) is 45.3. The normalized spacial score (nSPS) is 29.9. The fourth-order valence-corrected chi connectivity index (χ4v) is 10.6. The highest BCUT2D eigenvalue weighted by Gasteiger charge is 2.54. The van der Waals surface area contributed by atoms with E-state index in [0.29, 0.717) is 17.8 Å². The monoisotopic (exact) mass is 956 g/mol. The summed E-state index contributed by atoms with van der Waals surface area (Å²) in [5.74, 6) is -2.25. The van der Waals surface area contributed by atoms with Gasteiger partial charge in [0, 0.05) is 17.8 Å². The van der Waals surface area contributed by atoms with Crippen LogP contribution in [0.2, 0.25) is 0 Å². The summed E-state index contributed by atoms with van der Waals surface area (Å²) in [5, 5.41) is 0. The van der Waals surface area contributed by atoms with E-state index in [9.17, 15) is 28.4 Å². The quantitative estimate of drug-likeness (QED) is 0.0482. The highest BCUT2D eigenvalue weighted by Crippen LogP contribution is 2.64. The number of aromatic amines is 1. The molecule has 1 aromatic carbocycles. The highest BCUT2D eigenvalue weighted by atomic mass is 32.7. The number of nitrogens with zero attached hydrogens (tertiary/aromatic N) is 7. The van der Waals surface area contributed by atoms with E-state index in [1.807, 2.05) is 6.92 Å². The molecule has 3 unspecified atom stereocenters. The Kier molecular flexibility index (Phi) is 13.5. The number of carbonyl (C=O) groups excluding carboxylic acids is 2. The lowest BCUT2D eigenvalue weighted by molar-refractivity contribution is -0.134. The van der Waals surface area contributed by atoms with Crippen LogP contribution in [0, 0.1) is 0 Å². The highest BCUT2D eigenvalue weighted by molar-refractivity contribution is 8.55. The number of halogens is 2. The van der Waals surface area contributed by atoms with E-state index in [0.717, 1.165) is 30.1 Å². The second kappa shape index (κ2) is 18.9. The van der Waals surface area contributed by atoms with Gasteiger partial charge in [0.1, 0.15) is 54.3 Å². The zero-order valence-electron chi connectivity index (χ0n) is 33.4. The predicted octanol–water partition coefficient (Wildman–Crippen LogP) is 3.70. The van der Waals surface area contributed by atoms with Gasteiger partial charge in [-0.25, -0.2) is 38.1 Å². The first-order valence-electron chi connectivity index (χ1n) is 19.5. The fraction of sp³-hybridized carbons (Fsp3) is 0.486. The van der Waals surface area contributed by atoms with Crippen molar-refractivity contribution >= 4 is 71.8 Å². The van der Waals surface area contributed by atoms with E-state index in [4.69, 9.17) is 48.7 Å². The fourth-order valence-electron chi connectivity index (χ4n) is 7.01. The first-order chi connectivity index (χ1) is 30.6. The summed E-state index contributed by atoms with van der Waals surface area (Å²) in [6.07, 6.45) is -9.65. The smallest absolute Gasteiger partial charge is 0.393 e. The summed E-state index contributed by atoms with van der Waals surface area (Å²) in [4.78, 5) is 71.2. The molecule has 64 heavy (non-hydrogen) atoms. The third-order valence-corrected chi connectivity index (χ3v) is 14.5.